The van der Waals surface area contributed by atoms with E-state index < -0.39 is 0 Å². The maximum atomic E-state index is 5.38. The minimum absolute atomic E-state index is 0.910. The van der Waals surface area contributed by atoms with Gasteiger partial charge in [0.1, 0.15) is 0 Å². The first kappa shape index (κ1) is 5.62. The van der Waals surface area contributed by atoms with Crippen molar-refractivity contribution >= 4 is 11.9 Å². The summed E-state index contributed by atoms with van der Waals surface area (Å²) in [6.45, 7) is 1.94. The average Bonchev–Trinajstić information content (AvgIpc) is 2.33. The third-order valence-electron chi connectivity index (χ3n) is 1.60. The first-order valence-corrected chi connectivity index (χ1v) is 4.03. The van der Waals surface area contributed by atoms with Crippen molar-refractivity contribution in [1.82, 2.24) is 4.72 Å². The van der Waals surface area contributed by atoms with Crippen molar-refractivity contribution in [3.05, 3.63) is 10.7 Å². The van der Waals surface area contributed by atoms with E-state index in [4.69, 9.17) is 4.74 Å². The smallest absolute Gasteiger partial charge is 0.168 e. The molecule has 0 radical (unpaired) electrons. The second-order valence-corrected chi connectivity index (χ2v) is 3.13. The molecule has 0 saturated heterocycles. The molecule has 0 amide bonds. The average molecular weight is 143 g/mol. The Hall–Kier alpha value is -0.150. The summed E-state index contributed by atoms with van der Waals surface area (Å²) < 4.78 is 8.56. The van der Waals surface area contributed by atoms with Crippen LogP contribution in [0.5, 0.6) is 0 Å². The van der Waals surface area contributed by atoms with Crippen LogP contribution in [0.15, 0.2) is 10.7 Å². The van der Waals surface area contributed by atoms with Crippen LogP contribution < -0.4 is 4.72 Å². The number of hydrogen-bond acceptors (Lipinski definition) is 3. The van der Waals surface area contributed by atoms with E-state index in [9.17, 15) is 0 Å². The summed E-state index contributed by atoms with van der Waals surface area (Å²) >= 11 is 1.63. The maximum Gasteiger partial charge on any atom is 0.168 e. The van der Waals surface area contributed by atoms with Crippen LogP contribution in [-0.2, 0) is 4.74 Å². The Morgan fingerprint density at radius 3 is 3.44 bits per heavy atom. The topological polar surface area (TPSA) is 21.3 Å². The van der Waals surface area contributed by atoms with Crippen LogP contribution in [0, 0.1) is 0 Å². The van der Waals surface area contributed by atoms with Gasteiger partial charge in [-0.3, -0.25) is 4.72 Å². The van der Waals surface area contributed by atoms with E-state index in [0.29, 0.717) is 0 Å². The van der Waals surface area contributed by atoms with E-state index >= 15 is 0 Å². The normalized spacial score (nSPS) is 25.8. The van der Waals surface area contributed by atoms with Gasteiger partial charge in [-0.25, -0.2) is 0 Å². The van der Waals surface area contributed by atoms with Gasteiger partial charge in [0.15, 0.2) is 5.09 Å². The molecule has 50 valence electrons. The van der Waals surface area contributed by atoms with Crippen LogP contribution >= 0.6 is 11.9 Å². The zero-order valence-corrected chi connectivity index (χ0v) is 5.96. The van der Waals surface area contributed by atoms with E-state index in [-0.39, 0.29) is 0 Å². The molecule has 0 aliphatic carbocycles. The minimum atomic E-state index is 0.910. The third kappa shape index (κ3) is 0.946. The van der Waals surface area contributed by atoms with Gasteiger partial charge in [0.2, 0.25) is 0 Å². The summed E-state index contributed by atoms with van der Waals surface area (Å²) in [6.07, 6.45) is 2.43. The van der Waals surface area contributed by atoms with Crippen molar-refractivity contribution in [2.24, 2.45) is 0 Å². The fourth-order valence-electron chi connectivity index (χ4n) is 1.11. The van der Waals surface area contributed by atoms with Gasteiger partial charge in [-0.15, -0.1) is 0 Å². The highest BCUT2D eigenvalue weighted by Crippen LogP contribution is 2.30. The van der Waals surface area contributed by atoms with Gasteiger partial charge in [0.25, 0.3) is 0 Å². The molecular formula is C6H9NOS. The number of rotatable bonds is 0. The summed E-state index contributed by atoms with van der Waals surface area (Å²) in [5, 5.41) is 1.14. The Balaban J connectivity index is 2.17. The van der Waals surface area contributed by atoms with Gasteiger partial charge in [0, 0.05) is 6.54 Å². The molecule has 2 aliphatic heterocycles. The van der Waals surface area contributed by atoms with Crippen LogP contribution in [0.3, 0.4) is 0 Å². The highest BCUT2D eigenvalue weighted by Gasteiger charge is 2.19. The molecular weight excluding hydrogens is 134 g/mol. The fourth-order valence-corrected chi connectivity index (χ4v) is 1.94. The van der Waals surface area contributed by atoms with Crippen molar-refractivity contribution in [3.63, 3.8) is 0 Å². The van der Waals surface area contributed by atoms with Gasteiger partial charge < -0.3 is 4.74 Å². The highest BCUT2D eigenvalue weighted by molar-refractivity contribution is 8.01. The van der Waals surface area contributed by atoms with Crippen molar-refractivity contribution in [2.75, 3.05) is 13.2 Å². The largest absolute Gasteiger partial charge is 0.486 e. The first-order valence-electron chi connectivity index (χ1n) is 3.21. The van der Waals surface area contributed by atoms with Crippen LogP contribution in [0.1, 0.15) is 12.8 Å². The molecule has 0 aromatic rings. The van der Waals surface area contributed by atoms with E-state index in [1.807, 2.05) is 0 Å². The Kier molecular flexibility index (Phi) is 1.39. The Morgan fingerprint density at radius 2 is 2.56 bits per heavy atom. The Morgan fingerprint density at radius 1 is 1.56 bits per heavy atom. The van der Waals surface area contributed by atoms with Gasteiger partial charge in [-0.05, 0) is 30.4 Å². The van der Waals surface area contributed by atoms with Gasteiger partial charge in [-0.1, -0.05) is 0 Å². The predicted octanol–water partition coefficient (Wildman–Crippen LogP) is 1.26. The summed E-state index contributed by atoms with van der Waals surface area (Å²) in [4.78, 5) is 0. The van der Waals surface area contributed by atoms with Crippen LogP contribution in [0.2, 0.25) is 0 Å². The molecule has 3 heteroatoms. The molecule has 2 aliphatic rings. The van der Waals surface area contributed by atoms with Gasteiger partial charge in [0.05, 0.1) is 6.61 Å². The lowest BCUT2D eigenvalue weighted by Gasteiger charge is -2.12. The molecule has 0 aromatic heterocycles. The van der Waals surface area contributed by atoms with E-state index in [1.54, 1.807) is 11.9 Å². The van der Waals surface area contributed by atoms with E-state index in [0.717, 1.165) is 18.2 Å². The Bertz CT molecular complexity index is 139. The zero-order chi connectivity index (χ0) is 6.10. The molecule has 2 rings (SSSR count). The molecule has 0 aromatic carbocycles. The second kappa shape index (κ2) is 2.23. The quantitative estimate of drug-likeness (QED) is 0.516. The standard InChI is InChI=1S/C6H9NOS/c1-2-5-4-7-9-6(5)8-3-1/h7H,1-4H2. The molecule has 9 heavy (non-hydrogen) atoms. The zero-order valence-electron chi connectivity index (χ0n) is 5.14. The van der Waals surface area contributed by atoms with Crippen molar-refractivity contribution in [2.45, 2.75) is 12.8 Å². The lowest BCUT2D eigenvalue weighted by molar-refractivity contribution is 0.215. The lowest BCUT2D eigenvalue weighted by atomic mass is 10.1. The van der Waals surface area contributed by atoms with Crippen LogP contribution in [0.25, 0.3) is 0 Å². The molecule has 2 nitrogen and oxygen atoms in total. The molecule has 0 spiro atoms. The summed E-state index contributed by atoms with van der Waals surface area (Å²) in [5.74, 6) is 0. The number of nitrogens with one attached hydrogen (secondary N) is 1. The lowest BCUT2D eigenvalue weighted by Crippen LogP contribution is -2.04. The third-order valence-corrected chi connectivity index (χ3v) is 2.48. The highest BCUT2D eigenvalue weighted by atomic mass is 32.2. The van der Waals surface area contributed by atoms with Crippen LogP contribution in [0.4, 0.5) is 0 Å². The molecule has 0 atom stereocenters. The van der Waals surface area contributed by atoms with E-state index in [2.05, 4.69) is 4.72 Å². The summed E-state index contributed by atoms with van der Waals surface area (Å²) in [6, 6.07) is 0. The van der Waals surface area contributed by atoms with Crippen molar-refractivity contribution in [1.29, 1.82) is 0 Å². The van der Waals surface area contributed by atoms with Crippen molar-refractivity contribution < 1.29 is 4.74 Å². The van der Waals surface area contributed by atoms with Gasteiger partial charge >= 0.3 is 0 Å². The maximum absolute atomic E-state index is 5.38. The first-order chi connectivity index (χ1) is 4.47. The molecule has 0 unspecified atom stereocenters. The van der Waals surface area contributed by atoms with E-state index in [1.165, 1.54) is 18.4 Å². The minimum Gasteiger partial charge on any atom is -0.486 e. The SMILES string of the molecule is C1COC2=C(C1)CNS2. The van der Waals surface area contributed by atoms with Crippen molar-refractivity contribution in [3.8, 4) is 0 Å². The van der Waals surface area contributed by atoms with Crippen LogP contribution in [-0.4, -0.2) is 13.2 Å². The fraction of sp³-hybridized carbons (Fsp3) is 0.667. The molecule has 0 fully saturated rings. The summed E-state index contributed by atoms with van der Waals surface area (Å²) in [5.41, 5.74) is 1.46. The molecule has 0 bridgehead atoms. The Labute approximate surface area is 58.8 Å². The van der Waals surface area contributed by atoms with Gasteiger partial charge in [-0.2, -0.15) is 0 Å². The predicted molar refractivity (Wildman–Crippen MR) is 37.8 cm³/mol. The number of hydrogen-bond donors (Lipinski definition) is 1. The number of ether oxygens (including phenoxy) is 1. The molecule has 2 heterocycles. The monoisotopic (exact) mass is 143 g/mol. The second-order valence-electron chi connectivity index (χ2n) is 2.27. The molecule has 1 N–H and O–H groups in total. The summed E-state index contributed by atoms with van der Waals surface area (Å²) in [7, 11) is 0. The molecule has 0 saturated carbocycles.